The van der Waals surface area contributed by atoms with E-state index in [1.165, 1.54) is 0 Å². The average Bonchev–Trinajstić information content (AvgIpc) is 3.30. The number of aliphatic carboxylic acids is 1. The topological polar surface area (TPSA) is 96.3 Å². The Kier molecular flexibility index (Phi) is 4.18. The van der Waals surface area contributed by atoms with Gasteiger partial charge < -0.3 is 19.4 Å². The molecular weight excluding hydrogens is 334 g/mol. The lowest BCUT2D eigenvalue weighted by atomic mass is 10.0. The van der Waals surface area contributed by atoms with Crippen LogP contribution >= 0.6 is 0 Å². The van der Waals surface area contributed by atoms with Crippen LogP contribution in [0.1, 0.15) is 17.2 Å². The predicted octanol–water partition coefficient (Wildman–Crippen LogP) is 1.62. The van der Waals surface area contributed by atoms with Crippen molar-refractivity contribution in [2.45, 2.75) is 25.6 Å². The fourth-order valence-corrected chi connectivity index (χ4v) is 3.31. The Bertz CT molecular complexity index is 915. The summed E-state index contributed by atoms with van der Waals surface area (Å²) in [5.74, 6) is 0.717. The number of benzene rings is 1. The Morgan fingerprint density at radius 3 is 2.88 bits per heavy atom. The Morgan fingerprint density at radius 2 is 2.15 bits per heavy atom. The molecule has 0 aliphatic carbocycles. The number of hydrogen-bond donors (Lipinski definition) is 2. The van der Waals surface area contributed by atoms with E-state index in [1.807, 2.05) is 39.9 Å². The lowest BCUT2D eigenvalue weighted by molar-refractivity contribution is -0.144. The summed E-state index contributed by atoms with van der Waals surface area (Å²) in [5.41, 5.74) is 2.74. The molecule has 0 bridgehead atoms. The monoisotopic (exact) mass is 353 g/mol. The molecule has 8 heteroatoms. The highest BCUT2D eigenvalue weighted by Crippen LogP contribution is 2.24. The molecule has 2 aromatic heterocycles. The first-order chi connectivity index (χ1) is 12.7. The first-order valence-corrected chi connectivity index (χ1v) is 8.30. The maximum absolute atomic E-state index is 11.7. The third kappa shape index (κ3) is 2.95. The zero-order valence-corrected chi connectivity index (χ0v) is 14.3. The highest BCUT2D eigenvalue weighted by Gasteiger charge is 2.33. The summed E-state index contributed by atoms with van der Waals surface area (Å²) < 4.78 is 7.16. The summed E-state index contributed by atoms with van der Waals surface area (Å²) >= 11 is 0. The van der Waals surface area contributed by atoms with Gasteiger partial charge in [0, 0.05) is 31.0 Å². The van der Waals surface area contributed by atoms with E-state index in [0.29, 0.717) is 19.5 Å². The van der Waals surface area contributed by atoms with E-state index in [-0.39, 0.29) is 0 Å². The van der Waals surface area contributed by atoms with E-state index in [2.05, 4.69) is 15.0 Å². The molecule has 1 aromatic carbocycles. The van der Waals surface area contributed by atoms with Gasteiger partial charge in [0.1, 0.15) is 17.6 Å². The molecule has 0 spiro atoms. The fraction of sp³-hybridized carbons (Fsp3) is 0.278. The predicted molar refractivity (Wildman–Crippen MR) is 93.1 cm³/mol. The third-order valence-electron chi connectivity index (χ3n) is 4.69. The molecule has 2 N–H and O–H groups in total. The number of imidazole rings is 2. The summed E-state index contributed by atoms with van der Waals surface area (Å²) in [7, 11) is 1.63. The molecule has 0 fully saturated rings. The molecule has 0 saturated carbocycles. The zero-order chi connectivity index (χ0) is 18.1. The minimum atomic E-state index is -0.846. The Morgan fingerprint density at radius 1 is 1.35 bits per heavy atom. The molecular formula is C18H19N5O3. The largest absolute Gasteiger partial charge is 0.497 e. The summed E-state index contributed by atoms with van der Waals surface area (Å²) in [6.45, 7) is 0.927. The number of ether oxygens (including phenoxy) is 1. The summed E-state index contributed by atoms with van der Waals surface area (Å²) in [6, 6.07) is 7.05. The van der Waals surface area contributed by atoms with E-state index in [4.69, 9.17) is 4.74 Å². The lowest BCUT2D eigenvalue weighted by Gasteiger charge is -2.32. The number of carbonyl (C=O) groups is 1. The van der Waals surface area contributed by atoms with Crippen molar-refractivity contribution >= 4 is 5.97 Å². The second-order valence-corrected chi connectivity index (χ2v) is 6.20. The molecule has 0 radical (unpaired) electrons. The van der Waals surface area contributed by atoms with Crippen LogP contribution in [-0.4, -0.2) is 48.6 Å². The van der Waals surface area contributed by atoms with Crippen LogP contribution in [-0.2, 0) is 24.3 Å². The molecule has 1 aliphatic heterocycles. The lowest BCUT2D eigenvalue weighted by Crippen LogP contribution is -2.45. The van der Waals surface area contributed by atoms with Gasteiger partial charge >= 0.3 is 5.97 Å². The molecule has 26 heavy (non-hydrogen) atoms. The number of aromatic nitrogens is 4. The number of aromatic amines is 1. The minimum absolute atomic E-state index is 0.386. The summed E-state index contributed by atoms with van der Waals surface area (Å²) in [6.07, 6.45) is 5.60. The molecule has 8 nitrogen and oxygen atoms in total. The van der Waals surface area contributed by atoms with Crippen molar-refractivity contribution in [2.75, 3.05) is 7.11 Å². The normalized spacial score (nSPS) is 17.0. The van der Waals surface area contributed by atoms with E-state index in [9.17, 15) is 9.90 Å². The van der Waals surface area contributed by atoms with Crippen molar-refractivity contribution in [1.29, 1.82) is 0 Å². The number of hydrogen-bond acceptors (Lipinski definition) is 5. The number of fused-ring (bicyclic) bond motifs is 1. The number of methoxy groups -OCH3 is 1. The van der Waals surface area contributed by atoms with Gasteiger partial charge in [-0.1, -0.05) is 0 Å². The SMILES string of the molecule is COc1ccc(-n2ccnc2CN2Cc3[nH]cnc3C[C@@H]2C(=O)O)cc1. The van der Waals surface area contributed by atoms with Gasteiger partial charge in [-0.15, -0.1) is 0 Å². The number of H-pyrrole nitrogens is 1. The second kappa shape index (κ2) is 6.64. The molecule has 134 valence electrons. The maximum Gasteiger partial charge on any atom is 0.321 e. The number of nitrogens with one attached hydrogen (secondary N) is 1. The van der Waals surface area contributed by atoms with Crippen LogP contribution < -0.4 is 4.74 Å². The van der Waals surface area contributed by atoms with Gasteiger partial charge in [0.2, 0.25) is 0 Å². The molecule has 3 heterocycles. The number of nitrogens with zero attached hydrogens (tertiary/aromatic N) is 4. The molecule has 4 rings (SSSR count). The number of carboxylic acids is 1. The van der Waals surface area contributed by atoms with Gasteiger partial charge in [-0.25, -0.2) is 9.97 Å². The van der Waals surface area contributed by atoms with Gasteiger partial charge in [-0.05, 0) is 24.3 Å². The summed E-state index contributed by atoms with van der Waals surface area (Å²) in [5, 5.41) is 9.62. The van der Waals surface area contributed by atoms with Gasteiger partial charge in [-0.2, -0.15) is 0 Å². The third-order valence-corrected chi connectivity index (χ3v) is 4.69. The average molecular weight is 353 g/mol. The van der Waals surface area contributed by atoms with Crippen LogP contribution in [0.15, 0.2) is 43.0 Å². The van der Waals surface area contributed by atoms with Crippen molar-refractivity contribution in [3.8, 4) is 11.4 Å². The van der Waals surface area contributed by atoms with E-state index < -0.39 is 12.0 Å². The molecule has 0 unspecified atom stereocenters. The van der Waals surface area contributed by atoms with E-state index in [0.717, 1.165) is 28.6 Å². The van der Waals surface area contributed by atoms with Crippen molar-refractivity contribution in [1.82, 2.24) is 24.4 Å². The molecule has 1 aliphatic rings. The van der Waals surface area contributed by atoms with Crippen LogP contribution in [0.25, 0.3) is 5.69 Å². The Balaban J connectivity index is 1.61. The van der Waals surface area contributed by atoms with Gasteiger partial charge in [0.05, 0.1) is 31.4 Å². The van der Waals surface area contributed by atoms with Crippen molar-refractivity contribution in [3.63, 3.8) is 0 Å². The standard InChI is InChI=1S/C18H19N5O3/c1-26-13-4-2-12(3-5-13)23-7-6-19-17(23)10-22-9-15-14(20-11-21-15)8-16(22)18(24)25/h2-7,11,16H,8-10H2,1H3,(H,20,21)(H,24,25)/t16-/m1/s1. The fourth-order valence-electron chi connectivity index (χ4n) is 3.31. The highest BCUT2D eigenvalue weighted by atomic mass is 16.5. The molecule has 0 saturated heterocycles. The van der Waals surface area contributed by atoms with Gasteiger partial charge in [0.15, 0.2) is 0 Å². The Hall–Kier alpha value is -3.13. The minimum Gasteiger partial charge on any atom is -0.497 e. The van der Waals surface area contributed by atoms with Gasteiger partial charge in [0.25, 0.3) is 0 Å². The second-order valence-electron chi connectivity index (χ2n) is 6.20. The number of carboxylic acid groups (broad SMARTS) is 1. The van der Waals surface area contributed by atoms with Crippen LogP contribution in [0.5, 0.6) is 5.75 Å². The quantitative estimate of drug-likeness (QED) is 0.723. The van der Waals surface area contributed by atoms with Crippen molar-refractivity contribution in [3.05, 3.63) is 60.2 Å². The van der Waals surface area contributed by atoms with E-state index >= 15 is 0 Å². The van der Waals surface area contributed by atoms with Crippen LogP contribution in [0.2, 0.25) is 0 Å². The molecule has 0 amide bonds. The van der Waals surface area contributed by atoms with Crippen LogP contribution in [0, 0.1) is 0 Å². The number of rotatable bonds is 5. The van der Waals surface area contributed by atoms with Crippen molar-refractivity contribution in [2.24, 2.45) is 0 Å². The first kappa shape index (κ1) is 16.3. The van der Waals surface area contributed by atoms with Crippen LogP contribution in [0.3, 0.4) is 0 Å². The summed E-state index contributed by atoms with van der Waals surface area (Å²) in [4.78, 5) is 25.4. The molecule has 3 aromatic rings. The highest BCUT2D eigenvalue weighted by molar-refractivity contribution is 5.74. The Labute approximate surface area is 150 Å². The van der Waals surface area contributed by atoms with Crippen molar-refractivity contribution < 1.29 is 14.6 Å². The smallest absolute Gasteiger partial charge is 0.321 e. The maximum atomic E-state index is 11.7. The zero-order valence-electron chi connectivity index (χ0n) is 14.3. The molecule has 1 atom stereocenters. The first-order valence-electron chi connectivity index (χ1n) is 8.30. The van der Waals surface area contributed by atoms with E-state index in [1.54, 1.807) is 19.6 Å². The van der Waals surface area contributed by atoms with Crippen LogP contribution in [0.4, 0.5) is 0 Å². The van der Waals surface area contributed by atoms with Gasteiger partial charge in [-0.3, -0.25) is 9.69 Å².